The van der Waals surface area contributed by atoms with Gasteiger partial charge in [-0.3, -0.25) is 4.40 Å². The molecule has 0 bridgehead atoms. The third-order valence-corrected chi connectivity index (χ3v) is 4.92. The normalized spacial score (nSPS) is 15.8. The van der Waals surface area contributed by atoms with Crippen LogP contribution in [0.3, 0.4) is 0 Å². The molecule has 1 aliphatic carbocycles. The van der Waals surface area contributed by atoms with E-state index in [9.17, 15) is 4.39 Å². The third-order valence-electron chi connectivity index (χ3n) is 4.92. The number of benzene rings is 1. The molecule has 3 nitrogen and oxygen atoms in total. The Morgan fingerprint density at radius 1 is 1.08 bits per heavy atom. The van der Waals surface area contributed by atoms with Gasteiger partial charge >= 0.3 is 0 Å². The molecule has 2 aromatic heterocycles. The molecule has 1 aliphatic rings. The highest BCUT2D eigenvalue weighted by Gasteiger charge is 2.21. The van der Waals surface area contributed by atoms with Crippen molar-refractivity contribution in [1.82, 2.24) is 9.38 Å². The summed E-state index contributed by atoms with van der Waals surface area (Å²) in [5.41, 5.74) is 3.23. The molecular formula is C20H22FN3. The summed E-state index contributed by atoms with van der Waals surface area (Å²) in [6, 6.07) is 11.4. The van der Waals surface area contributed by atoms with Crippen molar-refractivity contribution in [2.45, 2.75) is 45.1 Å². The SMILES string of the molecule is Cc1cccn2c(NC3CCCCC3)c(-c3ccccc3F)nc12. The van der Waals surface area contributed by atoms with Gasteiger partial charge in [0, 0.05) is 17.8 Å². The van der Waals surface area contributed by atoms with Crippen LogP contribution >= 0.6 is 0 Å². The first kappa shape index (κ1) is 15.2. The van der Waals surface area contributed by atoms with Gasteiger partial charge in [0.2, 0.25) is 0 Å². The number of aryl methyl sites for hydroxylation is 1. The summed E-state index contributed by atoms with van der Waals surface area (Å²) in [5, 5.41) is 3.66. The lowest BCUT2D eigenvalue weighted by Crippen LogP contribution is -2.23. The zero-order valence-electron chi connectivity index (χ0n) is 13.9. The summed E-state index contributed by atoms with van der Waals surface area (Å²) in [7, 11) is 0. The van der Waals surface area contributed by atoms with E-state index in [1.807, 2.05) is 31.3 Å². The second-order valence-electron chi connectivity index (χ2n) is 6.65. The molecule has 0 aliphatic heterocycles. The van der Waals surface area contributed by atoms with Gasteiger partial charge in [0.15, 0.2) is 0 Å². The van der Waals surface area contributed by atoms with Gasteiger partial charge in [-0.25, -0.2) is 9.37 Å². The van der Waals surface area contributed by atoms with Crippen molar-refractivity contribution in [1.29, 1.82) is 0 Å². The zero-order valence-corrected chi connectivity index (χ0v) is 13.9. The summed E-state index contributed by atoms with van der Waals surface area (Å²) in [6.07, 6.45) is 8.14. The molecule has 1 aromatic carbocycles. The van der Waals surface area contributed by atoms with Crippen LogP contribution in [0.1, 0.15) is 37.7 Å². The number of halogens is 1. The Bertz CT molecular complexity index is 862. The Morgan fingerprint density at radius 3 is 2.67 bits per heavy atom. The molecule has 4 rings (SSSR count). The van der Waals surface area contributed by atoms with Crippen LogP contribution < -0.4 is 5.32 Å². The highest BCUT2D eigenvalue weighted by atomic mass is 19.1. The summed E-state index contributed by atoms with van der Waals surface area (Å²) in [5.74, 6) is 0.677. The van der Waals surface area contributed by atoms with Gasteiger partial charge < -0.3 is 5.32 Å². The predicted molar refractivity (Wildman–Crippen MR) is 95.8 cm³/mol. The fourth-order valence-corrected chi connectivity index (χ4v) is 3.62. The Balaban J connectivity index is 1.86. The van der Waals surface area contributed by atoms with E-state index in [1.54, 1.807) is 12.1 Å². The highest BCUT2D eigenvalue weighted by molar-refractivity contribution is 5.78. The van der Waals surface area contributed by atoms with Gasteiger partial charge in [-0.1, -0.05) is 37.5 Å². The molecule has 24 heavy (non-hydrogen) atoms. The van der Waals surface area contributed by atoms with E-state index in [4.69, 9.17) is 4.98 Å². The van der Waals surface area contributed by atoms with Crippen LogP contribution in [0.2, 0.25) is 0 Å². The molecule has 1 N–H and O–H groups in total. The Labute approximate surface area is 141 Å². The number of fused-ring (bicyclic) bond motifs is 1. The van der Waals surface area contributed by atoms with Gasteiger partial charge in [-0.15, -0.1) is 0 Å². The van der Waals surface area contributed by atoms with Crippen LogP contribution in [0.4, 0.5) is 10.2 Å². The number of aromatic nitrogens is 2. The highest BCUT2D eigenvalue weighted by Crippen LogP contribution is 2.33. The van der Waals surface area contributed by atoms with E-state index in [2.05, 4.69) is 9.72 Å². The van der Waals surface area contributed by atoms with E-state index < -0.39 is 0 Å². The monoisotopic (exact) mass is 323 g/mol. The first-order valence-electron chi connectivity index (χ1n) is 8.73. The smallest absolute Gasteiger partial charge is 0.142 e. The average molecular weight is 323 g/mol. The lowest BCUT2D eigenvalue weighted by molar-refractivity contribution is 0.461. The van der Waals surface area contributed by atoms with Crippen molar-refractivity contribution in [3.05, 3.63) is 54.0 Å². The van der Waals surface area contributed by atoms with Gasteiger partial charge in [-0.2, -0.15) is 0 Å². The van der Waals surface area contributed by atoms with Gasteiger partial charge in [0.1, 0.15) is 23.0 Å². The molecule has 1 saturated carbocycles. The van der Waals surface area contributed by atoms with E-state index in [0.717, 1.165) is 29.9 Å². The minimum Gasteiger partial charge on any atom is -0.367 e. The number of nitrogens with one attached hydrogen (secondary N) is 1. The van der Waals surface area contributed by atoms with Crippen LogP contribution in [0.5, 0.6) is 0 Å². The Morgan fingerprint density at radius 2 is 1.88 bits per heavy atom. The minimum atomic E-state index is -0.231. The van der Waals surface area contributed by atoms with E-state index in [0.29, 0.717) is 17.3 Å². The van der Waals surface area contributed by atoms with Crippen molar-refractivity contribution >= 4 is 11.5 Å². The number of rotatable bonds is 3. The maximum Gasteiger partial charge on any atom is 0.142 e. The number of hydrogen-bond acceptors (Lipinski definition) is 2. The van der Waals surface area contributed by atoms with Gasteiger partial charge in [0.25, 0.3) is 0 Å². The second kappa shape index (κ2) is 6.27. The lowest BCUT2D eigenvalue weighted by atomic mass is 9.95. The van der Waals surface area contributed by atoms with Gasteiger partial charge in [0.05, 0.1) is 0 Å². The number of imidazole rings is 1. The third kappa shape index (κ3) is 2.66. The number of nitrogens with zero attached hydrogens (tertiary/aromatic N) is 2. The molecule has 0 amide bonds. The van der Waals surface area contributed by atoms with E-state index in [-0.39, 0.29) is 5.82 Å². The van der Waals surface area contributed by atoms with Crippen molar-refractivity contribution in [2.75, 3.05) is 5.32 Å². The maximum absolute atomic E-state index is 14.4. The molecule has 1 fully saturated rings. The van der Waals surface area contributed by atoms with E-state index >= 15 is 0 Å². The molecule has 2 heterocycles. The minimum absolute atomic E-state index is 0.231. The van der Waals surface area contributed by atoms with Gasteiger partial charge in [-0.05, 0) is 43.5 Å². The average Bonchev–Trinajstić information content (AvgIpc) is 2.96. The van der Waals surface area contributed by atoms with Crippen molar-refractivity contribution in [3.63, 3.8) is 0 Å². The van der Waals surface area contributed by atoms with Crippen molar-refractivity contribution in [3.8, 4) is 11.3 Å². The molecule has 4 heteroatoms. The molecule has 0 spiro atoms. The van der Waals surface area contributed by atoms with Crippen LogP contribution in [0.15, 0.2) is 42.6 Å². The first-order chi connectivity index (χ1) is 11.7. The summed E-state index contributed by atoms with van der Waals surface area (Å²) < 4.78 is 16.4. The zero-order chi connectivity index (χ0) is 16.5. The fourth-order valence-electron chi connectivity index (χ4n) is 3.62. The number of pyridine rings is 1. The second-order valence-corrected chi connectivity index (χ2v) is 6.65. The number of anilines is 1. The Hall–Kier alpha value is -2.36. The Kier molecular flexibility index (Phi) is 3.97. The molecule has 0 atom stereocenters. The standard InChI is InChI=1S/C20H22FN3/c1-14-8-7-13-24-19(14)23-18(16-11-5-6-12-17(16)21)20(24)22-15-9-3-2-4-10-15/h5-8,11-13,15,22H,2-4,9-10H2,1H3. The van der Waals surface area contributed by atoms with Crippen molar-refractivity contribution in [2.24, 2.45) is 0 Å². The maximum atomic E-state index is 14.4. The van der Waals surface area contributed by atoms with Crippen LogP contribution in [-0.4, -0.2) is 15.4 Å². The lowest BCUT2D eigenvalue weighted by Gasteiger charge is -2.24. The predicted octanol–water partition coefficient (Wildman–Crippen LogP) is 5.19. The molecule has 3 aromatic rings. The largest absolute Gasteiger partial charge is 0.367 e. The summed E-state index contributed by atoms with van der Waals surface area (Å²) in [6.45, 7) is 2.04. The topological polar surface area (TPSA) is 29.3 Å². The molecule has 124 valence electrons. The molecule has 0 saturated heterocycles. The molecular weight excluding hydrogens is 301 g/mol. The van der Waals surface area contributed by atoms with Crippen LogP contribution in [0, 0.1) is 12.7 Å². The molecule has 0 radical (unpaired) electrons. The summed E-state index contributed by atoms with van der Waals surface area (Å²) >= 11 is 0. The summed E-state index contributed by atoms with van der Waals surface area (Å²) in [4.78, 5) is 4.77. The van der Waals surface area contributed by atoms with Crippen molar-refractivity contribution < 1.29 is 4.39 Å². The molecule has 0 unspecified atom stereocenters. The quantitative estimate of drug-likeness (QED) is 0.718. The van der Waals surface area contributed by atoms with E-state index in [1.165, 1.54) is 25.3 Å². The van der Waals surface area contributed by atoms with Crippen LogP contribution in [-0.2, 0) is 0 Å². The first-order valence-corrected chi connectivity index (χ1v) is 8.73. The fraction of sp³-hybridized carbons (Fsp3) is 0.350. The van der Waals surface area contributed by atoms with Crippen LogP contribution in [0.25, 0.3) is 16.9 Å². The number of hydrogen-bond donors (Lipinski definition) is 1.